The van der Waals surface area contributed by atoms with Gasteiger partial charge in [0.25, 0.3) is 5.91 Å². The smallest absolute Gasteiger partial charge is 0.352 e. The summed E-state index contributed by atoms with van der Waals surface area (Å²) in [7, 11) is 0. The normalized spacial score (nSPS) is 15.1. The summed E-state index contributed by atoms with van der Waals surface area (Å²) in [5, 5.41) is 7.16. The first-order chi connectivity index (χ1) is 17.4. The van der Waals surface area contributed by atoms with E-state index in [2.05, 4.69) is 33.3 Å². The molecule has 4 rings (SSSR count). The fraction of sp³-hybridized carbons (Fsp3) is 0.250. The van der Waals surface area contributed by atoms with Gasteiger partial charge in [0, 0.05) is 42.5 Å². The number of allylic oxidation sites excluding steroid dienone is 1. The predicted molar refractivity (Wildman–Crippen MR) is 133 cm³/mol. The van der Waals surface area contributed by atoms with Crippen molar-refractivity contribution >= 4 is 12.1 Å². The van der Waals surface area contributed by atoms with Crippen LogP contribution in [0.15, 0.2) is 78.2 Å². The first-order valence-electron chi connectivity index (χ1n) is 11.7. The minimum atomic E-state index is -4.45. The lowest BCUT2D eigenvalue weighted by atomic mass is 9.98. The Hall–Kier alpha value is -4.12. The zero-order valence-corrected chi connectivity index (χ0v) is 19.5. The number of nitrogens with one attached hydrogen (secondary N) is 1. The first-order valence-corrected chi connectivity index (χ1v) is 11.7. The van der Waals surface area contributed by atoms with Crippen molar-refractivity contribution in [2.45, 2.75) is 31.9 Å². The van der Waals surface area contributed by atoms with E-state index in [9.17, 15) is 18.0 Å². The fourth-order valence-corrected chi connectivity index (χ4v) is 3.90. The third-order valence-corrected chi connectivity index (χ3v) is 5.79. The number of carbonyl (C=O) groups is 1. The van der Waals surface area contributed by atoms with Crippen molar-refractivity contribution in [2.75, 3.05) is 6.54 Å². The van der Waals surface area contributed by atoms with Gasteiger partial charge >= 0.3 is 6.18 Å². The zero-order chi connectivity index (χ0) is 25.4. The van der Waals surface area contributed by atoms with Gasteiger partial charge in [0.1, 0.15) is 0 Å². The monoisotopic (exact) mass is 490 g/mol. The molecule has 0 saturated heterocycles. The van der Waals surface area contributed by atoms with Crippen LogP contribution in [0.5, 0.6) is 0 Å². The number of rotatable bonds is 6. The SMILES string of the molecule is O=C(NCCCC1C=CN=CCC1)c1ccc(-n2cccn2)c(C#Cc2cccc(C(F)(F)F)c2)c1. The van der Waals surface area contributed by atoms with Crippen molar-refractivity contribution in [3.63, 3.8) is 0 Å². The lowest BCUT2D eigenvalue weighted by molar-refractivity contribution is -0.137. The number of aromatic nitrogens is 2. The Morgan fingerprint density at radius 3 is 2.83 bits per heavy atom. The summed E-state index contributed by atoms with van der Waals surface area (Å²) in [4.78, 5) is 16.9. The van der Waals surface area contributed by atoms with Crippen LogP contribution < -0.4 is 5.32 Å². The lowest BCUT2D eigenvalue weighted by Gasteiger charge is -2.11. The van der Waals surface area contributed by atoms with Crippen LogP contribution in [-0.2, 0) is 6.18 Å². The molecule has 1 amide bonds. The average molecular weight is 491 g/mol. The molecule has 2 heterocycles. The number of amides is 1. The molecule has 0 saturated carbocycles. The Balaban J connectivity index is 1.49. The number of halogens is 3. The van der Waals surface area contributed by atoms with Gasteiger partial charge in [0.2, 0.25) is 0 Å². The lowest BCUT2D eigenvalue weighted by Crippen LogP contribution is -2.25. The van der Waals surface area contributed by atoms with Crippen LogP contribution in [0.2, 0.25) is 0 Å². The van der Waals surface area contributed by atoms with Crippen molar-refractivity contribution in [3.05, 3.63) is 95.5 Å². The molecule has 0 radical (unpaired) electrons. The molecule has 1 unspecified atom stereocenters. The maximum absolute atomic E-state index is 13.1. The van der Waals surface area contributed by atoms with Gasteiger partial charge in [0.15, 0.2) is 0 Å². The minimum Gasteiger partial charge on any atom is -0.352 e. The Morgan fingerprint density at radius 1 is 1.14 bits per heavy atom. The largest absolute Gasteiger partial charge is 0.416 e. The molecule has 3 aromatic rings. The molecule has 5 nitrogen and oxygen atoms in total. The molecular weight excluding hydrogens is 465 g/mol. The summed E-state index contributed by atoms with van der Waals surface area (Å²) < 4.78 is 40.8. The van der Waals surface area contributed by atoms with Crippen molar-refractivity contribution in [1.29, 1.82) is 0 Å². The second-order valence-electron chi connectivity index (χ2n) is 8.42. The second kappa shape index (κ2) is 11.5. The average Bonchev–Trinajstić information content (AvgIpc) is 3.28. The highest BCUT2D eigenvalue weighted by Crippen LogP contribution is 2.29. The van der Waals surface area contributed by atoms with Gasteiger partial charge < -0.3 is 5.32 Å². The molecule has 8 heteroatoms. The number of carbonyl (C=O) groups excluding carboxylic acids is 1. The standard InChI is InChI=1S/C28H25F3N4O/c29-28(30,31)25-8-1-5-22(19-25)9-10-23-20-24(11-12-26(23)35-18-4-16-34-35)27(36)33-15-3-7-21-6-2-14-32-17-13-21/h1,4-5,8,11-14,16-21H,2-3,6-7,15H2,(H,33,36). The van der Waals surface area contributed by atoms with Crippen LogP contribution in [0.3, 0.4) is 0 Å². The summed E-state index contributed by atoms with van der Waals surface area (Å²) in [5.74, 6) is 5.95. The van der Waals surface area contributed by atoms with E-state index < -0.39 is 11.7 Å². The van der Waals surface area contributed by atoms with E-state index in [1.54, 1.807) is 41.3 Å². The summed E-state index contributed by atoms with van der Waals surface area (Å²) in [6, 6.07) is 11.7. The second-order valence-corrected chi connectivity index (χ2v) is 8.42. The molecule has 0 fully saturated rings. The van der Waals surface area contributed by atoms with Crippen molar-refractivity contribution in [1.82, 2.24) is 15.1 Å². The molecule has 36 heavy (non-hydrogen) atoms. The highest BCUT2D eigenvalue weighted by atomic mass is 19.4. The molecule has 2 aromatic carbocycles. The van der Waals surface area contributed by atoms with Crippen LogP contribution in [-0.4, -0.2) is 28.4 Å². The summed E-state index contributed by atoms with van der Waals surface area (Å²) in [5.41, 5.74) is 0.985. The summed E-state index contributed by atoms with van der Waals surface area (Å²) >= 11 is 0. The van der Waals surface area contributed by atoms with Crippen LogP contribution in [0.1, 0.15) is 52.7 Å². The molecule has 1 aliphatic rings. The molecular formula is C28H25F3N4O. The van der Waals surface area contributed by atoms with Crippen LogP contribution >= 0.6 is 0 Å². The summed E-state index contributed by atoms with van der Waals surface area (Å²) in [6.45, 7) is 0.538. The predicted octanol–water partition coefficient (Wildman–Crippen LogP) is 5.80. The maximum atomic E-state index is 13.1. The van der Waals surface area contributed by atoms with Gasteiger partial charge in [-0.25, -0.2) is 4.68 Å². The van der Waals surface area contributed by atoms with E-state index in [0.29, 0.717) is 29.3 Å². The van der Waals surface area contributed by atoms with E-state index in [1.807, 2.05) is 12.4 Å². The highest BCUT2D eigenvalue weighted by Gasteiger charge is 2.30. The molecule has 1 atom stereocenters. The molecule has 1 aromatic heterocycles. The number of aliphatic imine (C=N–C) groups is 1. The Morgan fingerprint density at radius 2 is 2.03 bits per heavy atom. The Bertz CT molecular complexity index is 1310. The van der Waals surface area contributed by atoms with Crippen molar-refractivity contribution in [2.24, 2.45) is 10.9 Å². The van der Waals surface area contributed by atoms with Gasteiger partial charge in [-0.2, -0.15) is 18.3 Å². The van der Waals surface area contributed by atoms with E-state index in [4.69, 9.17) is 0 Å². The molecule has 0 spiro atoms. The Kier molecular flexibility index (Phi) is 8.01. The van der Waals surface area contributed by atoms with Gasteiger partial charge in [-0.3, -0.25) is 9.79 Å². The number of hydrogen-bond donors (Lipinski definition) is 1. The van der Waals surface area contributed by atoms with Gasteiger partial charge in [0.05, 0.1) is 16.8 Å². The highest BCUT2D eigenvalue weighted by molar-refractivity contribution is 5.95. The van der Waals surface area contributed by atoms with Gasteiger partial charge in [-0.05, 0) is 74.1 Å². The molecule has 1 N–H and O–H groups in total. The first kappa shape index (κ1) is 25.0. The molecule has 0 aliphatic carbocycles. The van der Waals surface area contributed by atoms with Crippen molar-refractivity contribution in [3.8, 4) is 17.5 Å². The number of hydrogen-bond acceptors (Lipinski definition) is 3. The molecule has 184 valence electrons. The van der Waals surface area contributed by atoms with E-state index in [1.165, 1.54) is 12.1 Å². The number of benzene rings is 2. The number of alkyl halides is 3. The minimum absolute atomic E-state index is 0.226. The number of nitrogens with zero attached hydrogens (tertiary/aromatic N) is 3. The molecule has 1 aliphatic heterocycles. The topological polar surface area (TPSA) is 59.3 Å². The molecule has 0 bridgehead atoms. The quantitative estimate of drug-likeness (QED) is 0.351. The van der Waals surface area contributed by atoms with Crippen LogP contribution in [0.4, 0.5) is 13.2 Å². The Labute approximate surface area is 207 Å². The maximum Gasteiger partial charge on any atom is 0.416 e. The van der Waals surface area contributed by atoms with Gasteiger partial charge in [-0.1, -0.05) is 24.0 Å². The fourth-order valence-electron chi connectivity index (χ4n) is 3.90. The van der Waals surface area contributed by atoms with Crippen molar-refractivity contribution < 1.29 is 18.0 Å². The van der Waals surface area contributed by atoms with Crippen LogP contribution in [0, 0.1) is 17.8 Å². The van der Waals surface area contributed by atoms with E-state index in [0.717, 1.165) is 37.8 Å². The van der Waals surface area contributed by atoms with E-state index >= 15 is 0 Å². The third-order valence-electron chi connectivity index (χ3n) is 5.79. The summed E-state index contributed by atoms with van der Waals surface area (Å²) in [6.07, 6.45) is 8.56. The van der Waals surface area contributed by atoms with E-state index in [-0.39, 0.29) is 11.5 Å². The third kappa shape index (κ3) is 6.72. The van der Waals surface area contributed by atoms with Gasteiger partial charge in [-0.15, -0.1) is 0 Å². The van der Waals surface area contributed by atoms with Crippen LogP contribution in [0.25, 0.3) is 5.69 Å². The zero-order valence-electron chi connectivity index (χ0n) is 19.5.